The number of hydrogen-bond donors (Lipinski definition) is 1. The highest BCUT2D eigenvalue weighted by atomic mass is 19.4. The summed E-state index contributed by atoms with van der Waals surface area (Å²) < 4.78 is 39.0. The molecule has 124 valence electrons. The minimum Gasteiger partial charge on any atom is -0.321 e. The predicted molar refractivity (Wildman–Crippen MR) is 81.3 cm³/mol. The van der Waals surface area contributed by atoms with Gasteiger partial charge in [-0.2, -0.15) is 18.3 Å². The molecule has 0 bridgehead atoms. The second-order valence-corrected chi connectivity index (χ2v) is 6.32. The van der Waals surface area contributed by atoms with Crippen molar-refractivity contribution in [1.29, 1.82) is 0 Å². The molecule has 0 aliphatic heterocycles. The van der Waals surface area contributed by atoms with Crippen LogP contribution < -0.4 is 5.32 Å². The van der Waals surface area contributed by atoms with Gasteiger partial charge in [0.05, 0.1) is 11.3 Å². The molecular formula is C16H18F3N3O. The molecule has 0 fully saturated rings. The molecule has 1 amide bonds. The van der Waals surface area contributed by atoms with Gasteiger partial charge in [0.15, 0.2) is 0 Å². The summed E-state index contributed by atoms with van der Waals surface area (Å²) in [6, 6.07) is 5.99. The van der Waals surface area contributed by atoms with Crippen LogP contribution in [0.3, 0.4) is 0 Å². The van der Waals surface area contributed by atoms with Crippen LogP contribution in [0, 0.1) is 0 Å². The molecule has 7 heteroatoms. The number of benzene rings is 1. The van der Waals surface area contributed by atoms with Crippen molar-refractivity contribution >= 4 is 11.6 Å². The zero-order chi connectivity index (χ0) is 17.4. The molecule has 0 atom stereocenters. The molecule has 0 aliphatic carbocycles. The number of halogens is 3. The second-order valence-electron chi connectivity index (χ2n) is 6.32. The number of nitrogens with zero attached hydrogens (tertiary/aromatic N) is 2. The first-order valence-electron chi connectivity index (χ1n) is 7.01. The molecular weight excluding hydrogens is 307 g/mol. The summed E-state index contributed by atoms with van der Waals surface area (Å²) in [5.41, 5.74) is 0.435. The third kappa shape index (κ3) is 3.91. The van der Waals surface area contributed by atoms with Gasteiger partial charge >= 0.3 is 6.18 Å². The van der Waals surface area contributed by atoms with Gasteiger partial charge in [0, 0.05) is 18.2 Å². The van der Waals surface area contributed by atoms with Crippen molar-refractivity contribution < 1.29 is 18.0 Å². The molecule has 2 aromatic rings. The Morgan fingerprint density at radius 3 is 2.13 bits per heavy atom. The highest BCUT2D eigenvalue weighted by Crippen LogP contribution is 2.30. The fourth-order valence-electron chi connectivity index (χ4n) is 1.98. The van der Waals surface area contributed by atoms with E-state index in [-0.39, 0.29) is 5.41 Å². The lowest BCUT2D eigenvalue weighted by Crippen LogP contribution is -2.16. The van der Waals surface area contributed by atoms with Crippen molar-refractivity contribution in [2.24, 2.45) is 7.05 Å². The number of rotatable bonds is 2. The molecule has 1 aromatic heterocycles. The van der Waals surface area contributed by atoms with Crippen molar-refractivity contribution in [3.63, 3.8) is 0 Å². The molecule has 1 heterocycles. The Hall–Kier alpha value is -2.31. The smallest absolute Gasteiger partial charge is 0.321 e. The molecule has 4 nitrogen and oxygen atoms in total. The fraction of sp³-hybridized carbons (Fsp3) is 0.375. The lowest BCUT2D eigenvalue weighted by atomic mass is 9.92. The van der Waals surface area contributed by atoms with Gasteiger partial charge in [0.25, 0.3) is 5.91 Å². The van der Waals surface area contributed by atoms with Crippen molar-refractivity contribution in [3.05, 3.63) is 47.3 Å². The monoisotopic (exact) mass is 325 g/mol. The van der Waals surface area contributed by atoms with Crippen LogP contribution in [0.25, 0.3) is 0 Å². The molecule has 0 radical (unpaired) electrons. The summed E-state index contributed by atoms with van der Waals surface area (Å²) in [6.45, 7) is 5.94. The number of aromatic nitrogens is 2. The molecule has 2 rings (SSSR count). The normalized spacial score (nSPS) is 12.3. The van der Waals surface area contributed by atoms with E-state index in [1.54, 1.807) is 13.1 Å². The Morgan fingerprint density at radius 2 is 1.70 bits per heavy atom. The van der Waals surface area contributed by atoms with E-state index in [0.29, 0.717) is 11.4 Å². The van der Waals surface area contributed by atoms with Crippen LogP contribution in [0.15, 0.2) is 30.3 Å². The highest BCUT2D eigenvalue weighted by Gasteiger charge is 2.30. The average Bonchev–Trinajstić information content (AvgIpc) is 2.80. The maximum absolute atomic E-state index is 12.5. The van der Waals surface area contributed by atoms with Crippen LogP contribution in [0.5, 0.6) is 0 Å². The van der Waals surface area contributed by atoms with E-state index in [1.165, 1.54) is 16.8 Å². The number of amides is 1. The average molecular weight is 325 g/mol. The molecule has 0 saturated carbocycles. The fourth-order valence-corrected chi connectivity index (χ4v) is 1.98. The Balaban J connectivity index is 2.18. The van der Waals surface area contributed by atoms with E-state index in [9.17, 15) is 18.0 Å². The number of carbonyl (C=O) groups excluding carboxylic acids is 1. The first kappa shape index (κ1) is 17.1. The summed E-state index contributed by atoms with van der Waals surface area (Å²) in [5.74, 6) is -0.421. The third-order valence-electron chi connectivity index (χ3n) is 3.35. The zero-order valence-electron chi connectivity index (χ0n) is 13.3. The van der Waals surface area contributed by atoms with E-state index in [2.05, 4.69) is 10.4 Å². The Labute approximate surface area is 132 Å². The van der Waals surface area contributed by atoms with Gasteiger partial charge in [-0.25, -0.2) is 0 Å². The largest absolute Gasteiger partial charge is 0.416 e. The Morgan fingerprint density at radius 1 is 1.13 bits per heavy atom. The van der Waals surface area contributed by atoms with Gasteiger partial charge in [-0.1, -0.05) is 20.8 Å². The molecule has 1 aromatic carbocycles. The Bertz CT molecular complexity index is 710. The van der Waals surface area contributed by atoms with Crippen molar-refractivity contribution in [1.82, 2.24) is 9.78 Å². The minimum absolute atomic E-state index is 0.204. The van der Waals surface area contributed by atoms with Crippen LogP contribution in [-0.4, -0.2) is 15.7 Å². The first-order valence-corrected chi connectivity index (χ1v) is 7.01. The van der Waals surface area contributed by atoms with E-state index in [4.69, 9.17) is 0 Å². The molecule has 0 saturated heterocycles. The lowest BCUT2D eigenvalue weighted by Gasteiger charge is -2.13. The zero-order valence-corrected chi connectivity index (χ0v) is 13.3. The van der Waals surface area contributed by atoms with Crippen LogP contribution in [0.1, 0.15) is 42.5 Å². The number of carbonyl (C=O) groups is 1. The topological polar surface area (TPSA) is 46.9 Å². The number of hydrogen-bond acceptors (Lipinski definition) is 2. The third-order valence-corrected chi connectivity index (χ3v) is 3.35. The van der Waals surface area contributed by atoms with Gasteiger partial charge < -0.3 is 5.32 Å². The molecule has 0 aliphatic rings. The first-order chi connectivity index (χ1) is 10.5. The summed E-state index contributed by atoms with van der Waals surface area (Å²) in [7, 11) is 1.65. The van der Waals surface area contributed by atoms with Crippen LogP contribution in [0.4, 0.5) is 18.9 Å². The van der Waals surface area contributed by atoms with Gasteiger partial charge in [0.2, 0.25) is 0 Å². The van der Waals surface area contributed by atoms with Crippen LogP contribution >= 0.6 is 0 Å². The van der Waals surface area contributed by atoms with Crippen molar-refractivity contribution in [2.45, 2.75) is 32.4 Å². The van der Waals surface area contributed by atoms with Crippen LogP contribution in [-0.2, 0) is 18.6 Å². The molecule has 0 spiro atoms. The van der Waals surface area contributed by atoms with Gasteiger partial charge in [0.1, 0.15) is 5.69 Å². The summed E-state index contributed by atoms with van der Waals surface area (Å²) in [4.78, 5) is 12.3. The van der Waals surface area contributed by atoms with Crippen LogP contribution in [0.2, 0.25) is 0 Å². The van der Waals surface area contributed by atoms with Crippen molar-refractivity contribution in [2.75, 3.05) is 5.32 Å². The highest BCUT2D eigenvalue weighted by molar-refractivity contribution is 6.03. The van der Waals surface area contributed by atoms with Gasteiger partial charge in [-0.15, -0.1) is 0 Å². The molecule has 0 unspecified atom stereocenters. The maximum atomic E-state index is 12.5. The number of nitrogens with one attached hydrogen (secondary N) is 1. The minimum atomic E-state index is -4.40. The predicted octanol–water partition coefficient (Wildman–Crippen LogP) is 3.99. The van der Waals surface area contributed by atoms with E-state index >= 15 is 0 Å². The van der Waals surface area contributed by atoms with Gasteiger partial charge in [-0.3, -0.25) is 9.48 Å². The standard InChI is InChI=1S/C16H18F3N3O/c1-15(2,3)13-9-12(22(4)21-13)14(23)20-11-7-5-10(6-8-11)16(17,18)19/h5-9H,1-4H3,(H,20,23). The Kier molecular flexibility index (Phi) is 4.24. The number of aryl methyl sites for hydroxylation is 1. The quantitative estimate of drug-likeness (QED) is 0.907. The van der Waals surface area contributed by atoms with E-state index in [0.717, 1.165) is 17.8 Å². The van der Waals surface area contributed by atoms with E-state index in [1.807, 2.05) is 20.8 Å². The lowest BCUT2D eigenvalue weighted by molar-refractivity contribution is -0.137. The molecule has 1 N–H and O–H groups in total. The molecule has 23 heavy (non-hydrogen) atoms. The van der Waals surface area contributed by atoms with Gasteiger partial charge in [-0.05, 0) is 30.3 Å². The van der Waals surface area contributed by atoms with Crippen molar-refractivity contribution in [3.8, 4) is 0 Å². The summed E-state index contributed by atoms with van der Waals surface area (Å²) in [6.07, 6.45) is -4.40. The number of anilines is 1. The SMILES string of the molecule is Cn1nc(C(C)(C)C)cc1C(=O)Nc1ccc(C(F)(F)F)cc1. The maximum Gasteiger partial charge on any atom is 0.416 e. The number of alkyl halides is 3. The summed E-state index contributed by atoms with van der Waals surface area (Å²) in [5, 5.41) is 6.87. The summed E-state index contributed by atoms with van der Waals surface area (Å²) >= 11 is 0. The second kappa shape index (κ2) is 5.72. The van der Waals surface area contributed by atoms with E-state index < -0.39 is 17.6 Å².